The average molecular weight is 253 g/mol. The van der Waals surface area contributed by atoms with Crippen molar-refractivity contribution in [2.75, 3.05) is 24.8 Å². The van der Waals surface area contributed by atoms with Crippen LogP contribution in [0.1, 0.15) is 23.7 Å². The van der Waals surface area contributed by atoms with Gasteiger partial charge in [0.05, 0.1) is 17.4 Å². The molecule has 0 aliphatic rings. The van der Waals surface area contributed by atoms with Gasteiger partial charge in [-0.25, -0.2) is 0 Å². The quantitative estimate of drug-likeness (QED) is 0.870. The predicted molar refractivity (Wildman–Crippen MR) is 73.2 cm³/mol. The Balaban J connectivity index is 2.73. The van der Waals surface area contributed by atoms with Crippen LogP contribution in [0.3, 0.4) is 0 Å². The molecule has 1 aromatic rings. The van der Waals surface area contributed by atoms with Gasteiger partial charge in [0.25, 0.3) is 5.91 Å². The SMILES string of the molecule is CSCCC(C)N(C)C(=O)c1ccncc1N. The van der Waals surface area contributed by atoms with Crippen molar-refractivity contribution in [3.63, 3.8) is 0 Å². The van der Waals surface area contributed by atoms with Crippen molar-refractivity contribution in [1.29, 1.82) is 0 Å². The highest BCUT2D eigenvalue weighted by molar-refractivity contribution is 7.98. The van der Waals surface area contributed by atoms with Crippen LogP contribution < -0.4 is 5.73 Å². The maximum atomic E-state index is 12.2. The molecule has 0 bridgehead atoms. The zero-order valence-corrected chi connectivity index (χ0v) is 11.3. The maximum absolute atomic E-state index is 12.2. The zero-order valence-electron chi connectivity index (χ0n) is 10.5. The summed E-state index contributed by atoms with van der Waals surface area (Å²) in [6.07, 6.45) is 6.14. The first-order valence-electron chi connectivity index (χ1n) is 5.53. The normalized spacial score (nSPS) is 12.2. The molecule has 1 unspecified atom stereocenters. The Bertz CT molecular complexity index is 384. The number of anilines is 1. The zero-order chi connectivity index (χ0) is 12.8. The predicted octanol–water partition coefficient (Wildman–Crippen LogP) is 1.88. The molecular weight excluding hydrogens is 234 g/mol. The molecule has 0 saturated carbocycles. The van der Waals surface area contributed by atoms with Crippen molar-refractivity contribution in [2.24, 2.45) is 0 Å². The number of pyridine rings is 1. The van der Waals surface area contributed by atoms with E-state index in [1.165, 1.54) is 6.20 Å². The molecule has 0 radical (unpaired) electrons. The fraction of sp³-hybridized carbons (Fsp3) is 0.500. The molecule has 0 aromatic carbocycles. The van der Waals surface area contributed by atoms with Crippen LogP contribution in [-0.4, -0.2) is 40.9 Å². The van der Waals surface area contributed by atoms with Crippen LogP contribution >= 0.6 is 11.8 Å². The third-order valence-electron chi connectivity index (χ3n) is 2.80. The maximum Gasteiger partial charge on any atom is 0.256 e. The standard InChI is InChI=1S/C12H19N3OS/c1-9(5-7-17-3)15(2)12(16)10-4-6-14-8-11(10)13/h4,6,8-9H,5,7,13H2,1-3H3. The number of carbonyl (C=O) groups excluding carboxylic acids is 1. The molecule has 1 amide bonds. The summed E-state index contributed by atoms with van der Waals surface area (Å²) in [5.74, 6) is 1.00. The molecule has 0 fully saturated rings. The molecule has 0 saturated heterocycles. The molecule has 2 N–H and O–H groups in total. The highest BCUT2D eigenvalue weighted by atomic mass is 32.2. The van der Waals surface area contributed by atoms with Crippen molar-refractivity contribution in [3.05, 3.63) is 24.0 Å². The first-order valence-corrected chi connectivity index (χ1v) is 6.93. The minimum atomic E-state index is -0.0431. The smallest absolute Gasteiger partial charge is 0.256 e. The van der Waals surface area contributed by atoms with Crippen LogP contribution in [0.4, 0.5) is 5.69 Å². The van der Waals surface area contributed by atoms with Gasteiger partial charge in [0, 0.05) is 19.3 Å². The Hall–Kier alpha value is -1.23. The van der Waals surface area contributed by atoms with Crippen LogP contribution in [0, 0.1) is 0 Å². The Morgan fingerprint density at radius 1 is 1.65 bits per heavy atom. The summed E-state index contributed by atoms with van der Waals surface area (Å²) in [5.41, 5.74) is 6.70. The Morgan fingerprint density at radius 2 is 2.35 bits per heavy atom. The fourth-order valence-electron chi connectivity index (χ4n) is 1.47. The lowest BCUT2D eigenvalue weighted by molar-refractivity contribution is 0.0742. The van der Waals surface area contributed by atoms with E-state index in [0.717, 1.165) is 12.2 Å². The number of aromatic nitrogens is 1. The summed E-state index contributed by atoms with van der Waals surface area (Å²) < 4.78 is 0. The molecular formula is C12H19N3OS. The highest BCUT2D eigenvalue weighted by Gasteiger charge is 2.18. The number of rotatable bonds is 5. The topological polar surface area (TPSA) is 59.2 Å². The molecule has 4 nitrogen and oxygen atoms in total. The van der Waals surface area contributed by atoms with E-state index in [0.29, 0.717) is 11.3 Å². The molecule has 1 atom stereocenters. The average Bonchev–Trinajstić information content (AvgIpc) is 2.34. The monoisotopic (exact) mass is 253 g/mol. The number of carbonyl (C=O) groups is 1. The molecule has 0 aliphatic carbocycles. The van der Waals surface area contributed by atoms with Gasteiger partial charge >= 0.3 is 0 Å². The number of nitrogen functional groups attached to an aromatic ring is 1. The van der Waals surface area contributed by atoms with Crippen molar-refractivity contribution in [1.82, 2.24) is 9.88 Å². The van der Waals surface area contributed by atoms with E-state index in [9.17, 15) is 4.79 Å². The Labute approximate surface area is 107 Å². The number of hydrogen-bond acceptors (Lipinski definition) is 4. The van der Waals surface area contributed by atoms with Gasteiger partial charge in [0.1, 0.15) is 0 Å². The van der Waals surface area contributed by atoms with Crippen molar-refractivity contribution in [2.45, 2.75) is 19.4 Å². The third-order valence-corrected chi connectivity index (χ3v) is 3.45. The van der Waals surface area contributed by atoms with Gasteiger partial charge < -0.3 is 10.6 Å². The highest BCUT2D eigenvalue weighted by Crippen LogP contribution is 2.14. The van der Waals surface area contributed by atoms with Gasteiger partial charge in [-0.15, -0.1) is 0 Å². The summed E-state index contributed by atoms with van der Waals surface area (Å²) in [6, 6.07) is 1.87. The second-order valence-corrected chi connectivity index (χ2v) is 5.00. The van der Waals surface area contributed by atoms with Crippen molar-refractivity contribution < 1.29 is 4.79 Å². The van der Waals surface area contributed by atoms with Gasteiger partial charge in [-0.2, -0.15) is 11.8 Å². The Morgan fingerprint density at radius 3 is 2.94 bits per heavy atom. The number of thioether (sulfide) groups is 1. The van der Waals surface area contributed by atoms with Crippen LogP contribution in [0.15, 0.2) is 18.5 Å². The summed E-state index contributed by atoms with van der Waals surface area (Å²) in [6.45, 7) is 2.05. The number of nitrogens with two attached hydrogens (primary N) is 1. The second-order valence-electron chi connectivity index (χ2n) is 4.01. The lowest BCUT2D eigenvalue weighted by Crippen LogP contribution is -2.35. The van der Waals surface area contributed by atoms with E-state index in [4.69, 9.17) is 5.73 Å². The molecule has 0 aliphatic heterocycles. The van der Waals surface area contributed by atoms with E-state index in [2.05, 4.69) is 11.2 Å². The van der Waals surface area contributed by atoms with Gasteiger partial charge in [-0.1, -0.05) is 0 Å². The summed E-state index contributed by atoms with van der Waals surface area (Å²) in [4.78, 5) is 17.8. The minimum absolute atomic E-state index is 0.0431. The van der Waals surface area contributed by atoms with Gasteiger partial charge in [0.15, 0.2) is 0 Å². The van der Waals surface area contributed by atoms with E-state index in [1.807, 2.05) is 14.0 Å². The van der Waals surface area contributed by atoms with Crippen LogP contribution in [-0.2, 0) is 0 Å². The van der Waals surface area contributed by atoms with Gasteiger partial charge in [-0.05, 0) is 31.4 Å². The summed E-state index contributed by atoms with van der Waals surface area (Å²) in [7, 11) is 1.81. The number of amides is 1. The molecule has 5 heteroatoms. The molecule has 17 heavy (non-hydrogen) atoms. The number of hydrogen-bond donors (Lipinski definition) is 1. The van der Waals surface area contributed by atoms with Crippen LogP contribution in [0.25, 0.3) is 0 Å². The second kappa shape index (κ2) is 6.49. The van der Waals surface area contributed by atoms with E-state index in [1.54, 1.807) is 28.9 Å². The molecule has 94 valence electrons. The molecule has 1 rings (SSSR count). The van der Waals surface area contributed by atoms with E-state index < -0.39 is 0 Å². The molecule has 1 heterocycles. The number of nitrogens with zero attached hydrogens (tertiary/aromatic N) is 2. The first-order chi connectivity index (χ1) is 8.07. The Kier molecular flexibility index (Phi) is 5.28. The van der Waals surface area contributed by atoms with Gasteiger partial charge in [-0.3, -0.25) is 9.78 Å². The van der Waals surface area contributed by atoms with Crippen molar-refractivity contribution in [3.8, 4) is 0 Å². The minimum Gasteiger partial charge on any atom is -0.397 e. The third kappa shape index (κ3) is 3.63. The molecule has 1 aromatic heterocycles. The molecule has 0 spiro atoms. The van der Waals surface area contributed by atoms with Gasteiger partial charge in [0.2, 0.25) is 0 Å². The van der Waals surface area contributed by atoms with Crippen LogP contribution in [0.5, 0.6) is 0 Å². The van der Waals surface area contributed by atoms with E-state index in [-0.39, 0.29) is 11.9 Å². The lowest BCUT2D eigenvalue weighted by atomic mass is 10.1. The lowest BCUT2D eigenvalue weighted by Gasteiger charge is -2.25. The van der Waals surface area contributed by atoms with E-state index >= 15 is 0 Å². The van der Waals surface area contributed by atoms with Crippen LogP contribution in [0.2, 0.25) is 0 Å². The first kappa shape index (κ1) is 13.8. The van der Waals surface area contributed by atoms with Crippen molar-refractivity contribution >= 4 is 23.4 Å². The largest absolute Gasteiger partial charge is 0.397 e. The summed E-state index contributed by atoms with van der Waals surface area (Å²) in [5, 5.41) is 0. The fourth-order valence-corrected chi connectivity index (χ4v) is 2.05. The summed E-state index contributed by atoms with van der Waals surface area (Å²) >= 11 is 1.79.